The van der Waals surface area contributed by atoms with E-state index in [9.17, 15) is 9.59 Å². The average Bonchev–Trinajstić information content (AvgIpc) is 2.39. The Morgan fingerprint density at radius 2 is 1.89 bits per heavy atom. The average molecular weight is 262 g/mol. The van der Waals surface area contributed by atoms with Crippen molar-refractivity contribution in [1.82, 2.24) is 5.32 Å². The molecule has 104 valence electrons. The normalized spacial score (nSPS) is 10.1. The number of carbonyl (C=O) groups is 2. The molecule has 0 aromatic heterocycles. The molecule has 4 heteroatoms. The molecule has 0 radical (unpaired) electrons. The maximum absolute atomic E-state index is 11.7. The van der Waals surface area contributed by atoms with Crippen molar-refractivity contribution in [3.8, 4) is 0 Å². The third-order valence-electron chi connectivity index (χ3n) is 3.08. The standard InChI is InChI=1S/C15H22N2O2/c1-4-5-9-14(18)16-10-15(19)17-13-8-6-7-11(2)12(13)3/h6-8H,4-5,9-10H2,1-3H3,(H,16,18)(H,17,19). The van der Waals surface area contributed by atoms with Crippen molar-refractivity contribution >= 4 is 17.5 Å². The topological polar surface area (TPSA) is 58.2 Å². The van der Waals surface area contributed by atoms with Crippen LogP contribution < -0.4 is 10.6 Å². The number of hydrogen-bond donors (Lipinski definition) is 2. The van der Waals surface area contributed by atoms with Gasteiger partial charge >= 0.3 is 0 Å². The molecule has 4 nitrogen and oxygen atoms in total. The van der Waals surface area contributed by atoms with Gasteiger partial charge in [-0.05, 0) is 37.5 Å². The Balaban J connectivity index is 2.43. The van der Waals surface area contributed by atoms with Crippen LogP contribution in [0.5, 0.6) is 0 Å². The van der Waals surface area contributed by atoms with Crippen LogP contribution in [-0.2, 0) is 9.59 Å². The molecule has 0 aliphatic heterocycles. The van der Waals surface area contributed by atoms with Crippen LogP contribution in [-0.4, -0.2) is 18.4 Å². The van der Waals surface area contributed by atoms with Gasteiger partial charge in [-0.3, -0.25) is 9.59 Å². The molecule has 0 fully saturated rings. The first-order chi connectivity index (χ1) is 9.04. The van der Waals surface area contributed by atoms with Crippen molar-refractivity contribution in [1.29, 1.82) is 0 Å². The highest BCUT2D eigenvalue weighted by Gasteiger charge is 2.07. The zero-order valence-corrected chi connectivity index (χ0v) is 11.9. The van der Waals surface area contributed by atoms with Gasteiger partial charge in [0, 0.05) is 12.1 Å². The van der Waals surface area contributed by atoms with Crippen molar-refractivity contribution in [2.75, 3.05) is 11.9 Å². The van der Waals surface area contributed by atoms with Gasteiger partial charge in [-0.2, -0.15) is 0 Å². The Kier molecular flexibility index (Phi) is 6.06. The Hall–Kier alpha value is -1.84. The summed E-state index contributed by atoms with van der Waals surface area (Å²) in [6.07, 6.45) is 2.31. The van der Waals surface area contributed by atoms with E-state index in [0.29, 0.717) is 6.42 Å². The van der Waals surface area contributed by atoms with Crippen LogP contribution in [0.1, 0.15) is 37.3 Å². The summed E-state index contributed by atoms with van der Waals surface area (Å²) < 4.78 is 0. The van der Waals surface area contributed by atoms with Crippen LogP contribution in [0.2, 0.25) is 0 Å². The van der Waals surface area contributed by atoms with Crippen LogP contribution >= 0.6 is 0 Å². The molecule has 0 saturated heterocycles. The number of hydrogen-bond acceptors (Lipinski definition) is 2. The molecule has 0 bridgehead atoms. The highest BCUT2D eigenvalue weighted by atomic mass is 16.2. The van der Waals surface area contributed by atoms with Crippen LogP contribution in [0.3, 0.4) is 0 Å². The first kappa shape index (κ1) is 15.2. The maximum Gasteiger partial charge on any atom is 0.243 e. The van der Waals surface area contributed by atoms with Gasteiger partial charge in [-0.15, -0.1) is 0 Å². The summed E-state index contributed by atoms with van der Waals surface area (Å²) in [7, 11) is 0. The van der Waals surface area contributed by atoms with E-state index in [0.717, 1.165) is 29.7 Å². The number of nitrogens with one attached hydrogen (secondary N) is 2. The lowest BCUT2D eigenvalue weighted by molar-refractivity contribution is -0.124. The number of carbonyl (C=O) groups excluding carboxylic acids is 2. The Morgan fingerprint density at radius 3 is 2.58 bits per heavy atom. The SMILES string of the molecule is CCCCC(=O)NCC(=O)Nc1cccc(C)c1C. The van der Waals surface area contributed by atoms with E-state index in [1.165, 1.54) is 0 Å². The smallest absolute Gasteiger partial charge is 0.243 e. The number of benzene rings is 1. The van der Waals surface area contributed by atoms with E-state index in [4.69, 9.17) is 0 Å². The highest BCUT2D eigenvalue weighted by molar-refractivity contribution is 5.95. The summed E-state index contributed by atoms with van der Waals surface area (Å²) in [6, 6.07) is 5.76. The molecule has 0 heterocycles. The van der Waals surface area contributed by atoms with E-state index in [1.807, 2.05) is 39.0 Å². The fourth-order valence-electron chi connectivity index (χ4n) is 1.69. The fourth-order valence-corrected chi connectivity index (χ4v) is 1.69. The van der Waals surface area contributed by atoms with Crippen molar-refractivity contribution in [3.63, 3.8) is 0 Å². The molecule has 1 aromatic rings. The third-order valence-corrected chi connectivity index (χ3v) is 3.08. The first-order valence-corrected chi connectivity index (χ1v) is 6.67. The molecule has 0 atom stereocenters. The predicted octanol–water partition coefficient (Wildman–Crippen LogP) is 2.55. The Bertz CT molecular complexity index is 455. The molecular weight excluding hydrogens is 240 g/mol. The summed E-state index contributed by atoms with van der Waals surface area (Å²) in [4.78, 5) is 23.1. The maximum atomic E-state index is 11.7. The van der Waals surface area contributed by atoms with E-state index < -0.39 is 0 Å². The summed E-state index contributed by atoms with van der Waals surface area (Å²) in [6.45, 7) is 6.01. The summed E-state index contributed by atoms with van der Waals surface area (Å²) in [5.74, 6) is -0.267. The number of rotatable bonds is 6. The van der Waals surface area contributed by atoms with Crippen LogP contribution in [0.4, 0.5) is 5.69 Å². The van der Waals surface area contributed by atoms with Gasteiger partial charge in [-0.1, -0.05) is 25.5 Å². The molecule has 0 aliphatic carbocycles. The van der Waals surface area contributed by atoms with Gasteiger partial charge in [0.15, 0.2) is 0 Å². The van der Waals surface area contributed by atoms with Crippen LogP contribution in [0, 0.1) is 13.8 Å². The van der Waals surface area contributed by atoms with E-state index >= 15 is 0 Å². The number of aryl methyl sites for hydroxylation is 1. The lowest BCUT2D eigenvalue weighted by Crippen LogP contribution is -2.32. The monoisotopic (exact) mass is 262 g/mol. The van der Waals surface area contributed by atoms with E-state index in [2.05, 4.69) is 10.6 Å². The lowest BCUT2D eigenvalue weighted by atomic mass is 10.1. The molecule has 0 aliphatic rings. The molecule has 0 unspecified atom stereocenters. The number of anilines is 1. The van der Waals surface area contributed by atoms with Crippen molar-refractivity contribution in [3.05, 3.63) is 29.3 Å². The molecule has 2 N–H and O–H groups in total. The second-order valence-electron chi connectivity index (χ2n) is 4.68. The Labute approximate surface area is 114 Å². The second kappa shape index (κ2) is 7.56. The van der Waals surface area contributed by atoms with Gasteiger partial charge in [0.05, 0.1) is 6.54 Å². The zero-order valence-electron chi connectivity index (χ0n) is 11.9. The van der Waals surface area contributed by atoms with Gasteiger partial charge in [0.25, 0.3) is 0 Å². The predicted molar refractivity (Wildman–Crippen MR) is 77.1 cm³/mol. The third kappa shape index (κ3) is 5.12. The fraction of sp³-hybridized carbons (Fsp3) is 0.467. The molecule has 1 aromatic carbocycles. The molecule has 0 saturated carbocycles. The van der Waals surface area contributed by atoms with Gasteiger partial charge in [0.1, 0.15) is 0 Å². The molecule has 1 rings (SSSR count). The zero-order chi connectivity index (χ0) is 14.3. The van der Waals surface area contributed by atoms with E-state index in [1.54, 1.807) is 0 Å². The first-order valence-electron chi connectivity index (χ1n) is 6.67. The van der Waals surface area contributed by atoms with Crippen LogP contribution in [0.15, 0.2) is 18.2 Å². The quantitative estimate of drug-likeness (QED) is 0.827. The van der Waals surface area contributed by atoms with Gasteiger partial charge in [-0.25, -0.2) is 0 Å². The minimum atomic E-state index is -0.196. The summed E-state index contributed by atoms with van der Waals surface area (Å²) >= 11 is 0. The second-order valence-corrected chi connectivity index (χ2v) is 4.68. The summed E-state index contributed by atoms with van der Waals surface area (Å²) in [5, 5.41) is 5.43. The molecule has 19 heavy (non-hydrogen) atoms. The van der Waals surface area contributed by atoms with Crippen molar-refractivity contribution in [2.45, 2.75) is 40.0 Å². The molecule has 0 spiro atoms. The number of amides is 2. The van der Waals surface area contributed by atoms with Crippen molar-refractivity contribution in [2.24, 2.45) is 0 Å². The largest absolute Gasteiger partial charge is 0.347 e. The lowest BCUT2D eigenvalue weighted by Gasteiger charge is -2.10. The van der Waals surface area contributed by atoms with Crippen LogP contribution in [0.25, 0.3) is 0 Å². The van der Waals surface area contributed by atoms with E-state index in [-0.39, 0.29) is 18.4 Å². The van der Waals surface area contributed by atoms with Gasteiger partial charge in [0.2, 0.25) is 11.8 Å². The number of unbranched alkanes of at least 4 members (excludes halogenated alkanes) is 1. The molecule has 2 amide bonds. The highest BCUT2D eigenvalue weighted by Crippen LogP contribution is 2.17. The minimum Gasteiger partial charge on any atom is -0.347 e. The minimum absolute atomic E-state index is 0.0237. The molecular formula is C15H22N2O2. The van der Waals surface area contributed by atoms with Gasteiger partial charge < -0.3 is 10.6 Å². The van der Waals surface area contributed by atoms with Crippen molar-refractivity contribution < 1.29 is 9.59 Å². The summed E-state index contributed by atoms with van der Waals surface area (Å²) in [5.41, 5.74) is 2.98. The Morgan fingerprint density at radius 1 is 1.16 bits per heavy atom.